The summed E-state index contributed by atoms with van der Waals surface area (Å²) in [5.41, 5.74) is 1.04. The Labute approximate surface area is 192 Å². The molecule has 2 N–H and O–H groups in total. The Bertz CT molecular complexity index is 624. The minimum atomic E-state index is 0. The molecule has 166 valence electrons. The quantitative estimate of drug-likeness (QED) is 0.297. The zero-order valence-electron chi connectivity index (χ0n) is 18.4. The van der Waals surface area contributed by atoms with E-state index in [1.54, 1.807) is 14.2 Å². The van der Waals surface area contributed by atoms with E-state index in [1.807, 2.05) is 18.2 Å². The molecule has 7 nitrogen and oxygen atoms in total. The molecule has 1 saturated heterocycles. The van der Waals surface area contributed by atoms with Crippen LogP contribution in [0.5, 0.6) is 11.5 Å². The molecule has 29 heavy (non-hydrogen) atoms. The highest BCUT2D eigenvalue weighted by atomic mass is 127. The van der Waals surface area contributed by atoms with Gasteiger partial charge in [0.05, 0.1) is 33.5 Å². The molecule has 2 rings (SSSR count). The van der Waals surface area contributed by atoms with Crippen molar-refractivity contribution in [3.05, 3.63) is 23.8 Å². The minimum Gasteiger partial charge on any atom is -0.497 e. The van der Waals surface area contributed by atoms with Crippen LogP contribution in [0.2, 0.25) is 0 Å². The molecule has 1 aliphatic heterocycles. The van der Waals surface area contributed by atoms with Gasteiger partial charge in [0, 0.05) is 38.3 Å². The van der Waals surface area contributed by atoms with Crippen molar-refractivity contribution in [3.63, 3.8) is 0 Å². The van der Waals surface area contributed by atoms with Gasteiger partial charge >= 0.3 is 0 Å². The van der Waals surface area contributed by atoms with Gasteiger partial charge in [0.25, 0.3) is 0 Å². The Balaban J connectivity index is 0.00000420. The van der Waals surface area contributed by atoms with Crippen LogP contribution in [0.3, 0.4) is 0 Å². The average Bonchev–Trinajstić information content (AvgIpc) is 2.72. The van der Waals surface area contributed by atoms with E-state index in [0.29, 0.717) is 5.92 Å². The smallest absolute Gasteiger partial charge is 0.191 e. The van der Waals surface area contributed by atoms with Crippen LogP contribution in [0, 0.1) is 5.92 Å². The highest BCUT2D eigenvalue weighted by Crippen LogP contribution is 2.29. The standard InChI is InChI=1S/C21H36N4O3.HI/c1-6-22-21(23-14-16(2)15-25-9-11-28-12-10-25)24-17(3)19-13-18(26-4)7-8-20(19)27-5;/h7-8,13,16-17H,6,9-12,14-15H2,1-5H3,(H2,22,23,24);1H. The highest BCUT2D eigenvalue weighted by Gasteiger charge is 2.16. The zero-order chi connectivity index (χ0) is 20.4. The van der Waals surface area contributed by atoms with Crippen LogP contribution in [0.1, 0.15) is 32.4 Å². The third-order valence-electron chi connectivity index (χ3n) is 4.84. The summed E-state index contributed by atoms with van der Waals surface area (Å²) in [5.74, 6) is 2.94. The van der Waals surface area contributed by atoms with Crippen molar-refractivity contribution in [1.82, 2.24) is 15.5 Å². The lowest BCUT2D eigenvalue weighted by Crippen LogP contribution is -2.41. The molecule has 2 unspecified atom stereocenters. The molecule has 1 fully saturated rings. The fourth-order valence-corrected chi connectivity index (χ4v) is 3.31. The van der Waals surface area contributed by atoms with E-state index in [-0.39, 0.29) is 30.0 Å². The summed E-state index contributed by atoms with van der Waals surface area (Å²) in [4.78, 5) is 7.26. The number of aliphatic imine (C=N–C) groups is 1. The SMILES string of the molecule is CCNC(=NCC(C)CN1CCOCC1)NC(C)c1cc(OC)ccc1OC.I. The number of nitrogens with one attached hydrogen (secondary N) is 2. The Morgan fingerprint density at radius 2 is 1.93 bits per heavy atom. The number of rotatable bonds is 9. The molecule has 1 heterocycles. The van der Waals surface area contributed by atoms with E-state index in [4.69, 9.17) is 19.2 Å². The number of hydrogen-bond donors (Lipinski definition) is 2. The molecule has 8 heteroatoms. The Morgan fingerprint density at radius 1 is 1.21 bits per heavy atom. The molecule has 0 radical (unpaired) electrons. The first-order valence-corrected chi connectivity index (χ1v) is 10.1. The topological polar surface area (TPSA) is 67.4 Å². The van der Waals surface area contributed by atoms with Gasteiger partial charge in [0.2, 0.25) is 0 Å². The number of hydrogen-bond acceptors (Lipinski definition) is 5. The first-order chi connectivity index (χ1) is 13.6. The predicted molar refractivity (Wildman–Crippen MR) is 129 cm³/mol. The van der Waals surface area contributed by atoms with E-state index in [0.717, 1.165) is 69.0 Å². The summed E-state index contributed by atoms with van der Waals surface area (Å²) < 4.78 is 16.3. The van der Waals surface area contributed by atoms with Crippen molar-refractivity contribution in [1.29, 1.82) is 0 Å². The highest BCUT2D eigenvalue weighted by molar-refractivity contribution is 14.0. The second-order valence-corrected chi connectivity index (χ2v) is 7.21. The van der Waals surface area contributed by atoms with Crippen LogP contribution < -0.4 is 20.1 Å². The molecular formula is C21H37IN4O3. The third-order valence-corrected chi connectivity index (χ3v) is 4.84. The fourth-order valence-electron chi connectivity index (χ4n) is 3.31. The number of morpholine rings is 1. The molecule has 1 aromatic rings. The summed E-state index contributed by atoms with van der Waals surface area (Å²) in [7, 11) is 3.36. The monoisotopic (exact) mass is 520 g/mol. The molecular weight excluding hydrogens is 483 g/mol. The maximum atomic E-state index is 5.52. The van der Waals surface area contributed by atoms with Crippen LogP contribution in [0.15, 0.2) is 23.2 Å². The van der Waals surface area contributed by atoms with Gasteiger partial charge in [-0.05, 0) is 38.0 Å². The lowest BCUT2D eigenvalue weighted by Gasteiger charge is -2.28. The molecule has 1 aromatic carbocycles. The second-order valence-electron chi connectivity index (χ2n) is 7.21. The van der Waals surface area contributed by atoms with Crippen molar-refractivity contribution < 1.29 is 14.2 Å². The Hall–Kier alpha value is -1.26. The van der Waals surface area contributed by atoms with Crippen LogP contribution in [0.25, 0.3) is 0 Å². The Morgan fingerprint density at radius 3 is 2.55 bits per heavy atom. The first-order valence-electron chi connectivity index (χ1n) is 10.1. The fraction of sp³-hybridized carbons (Fsp3) is 0.667. The Kier molecular flexibility index (Phi) is 12.3. The van der Waals surface area contributed by atoms with Crippen LogP contribution in [0.4, 0.5) is 0 Å². The number of methoxy groups -OCH3 is 2. The summed E-state index contributed by atoms with van der Waals surface area (Å²) in [6.07, 6.45) is 0. The third kappa shape index (κ3) is 8.55. The molecule has 0 saturated carbocycles. The average molecular weight is 520 g/mol. The van der Waals surface area contributed by atoms with E-state index < -0.39 is 0 Å². The van der Waals surface area contributed by atoms with Gasteiger partial charge in [0.15, 0.2) is 5.96 Å². The van der Waals surface area contributed by atoms with Gasteiger partial charge in [-0.25, -0.2) is 0 Å². The van der Waals surface area contributed by atoms with Gasteiger partial charge < -0.3 is 24.8 Å². The van der Waals surface area contributed by atoms with E-state index >= 15 is 0 Å². The maximum Gasteiger partial charge on any atom is 0.191 e. The van der Waals surface area contributed by atoms with Crippen molar-refractivity contribution in [2.24, 2.45) is 10.9 Å². The lowest BCUT2D eigenvalue weighted by atomic mass is 10.1. The molecule has 1 aliphatic rings. The molecule has 2 atom stereocenters. The van der Waals surface area contributed by atoms with E-state index in [1.165, 1.54) is 0 Å². The van der Waals surface area contributed by atoms with Gasteiger partial charge in [0.1, 0.15) is 11.5 Å². The molecule has 0 amide bonds. The van der Waals surface area contributed by atoms with Gasteiger partial charge in [-0.15, -0.1) is 24.0 Å². The van der Waals surface area contributed by atoms with E-state index in [9.17, 15) is 0 Å². The maximum absolute atomic E-state index is 5.52. The molecule has 0 aliphatic carbocycles. The van der Waals surface area contributed by atoms with Crippen LogP contribution in [-0.4, -0.2) is 71.0 Å². The van der Waals surface area contributed by atoms with E-state index in [2.05, 4.69) is 36.3 Å². The predicted octanol–water partition coefficient (Wildman–Crippen LogP) is 2.91. The van der Waals surface area contributed by atoms with Crippen LogP contribution >= 0.6 is 24.0 Å². The van der Waals surface area contributed by atoms with Crippen molar-refractivity contribution in [2.75, 3.05) is 60.2 Å². The van der Waals surface area contributed by atoms with Gasteiger partial charge in [-0.1, -0.05) is 6.92 Å². The number of halogens is 1. The minimum absolute atomic E-state index is 0. The first kappa shape index (κ1) is 25.8. The normalized spacial score (nSPS) is 17.1. The summed E-state index contributed by atoms with van der Waals surface area (Å²) in [5, 5.41) is 6.83. The lowest BCUT2D eigenvalue weighted by molar-refractivity contribution is 0.0323. The summed E-state index contributed by atoms with van der Waals surface area (Å²) in [6.45, 7) is 12.7. The molecule has 0 spiro atoms. The number of guanidine groups is 1. The van der Waals surface area contributed by atoms with Crippen molar-refractivity contribution >= 4 is 29.9 Å². The number of nitrogens with zero attached hydrogens (tertiary/aromatic N) is 2. The largest absolute Gasteiger partial charge is 0.497 e. The zero-order valence-corrected chi connectivity index (χ0v) is 20.7. The second kappa shape index (κ2) is 13.9. The molecule has 0 aromatic heterocycles. The van der Waals surface area contributed by atoms with Crippen molar-refractivity contribution in [3.8, 4) is 11.5 Å². The van der Waals surface area contributed by atoms with Gasteiger partial charge in [-0.2, -0.15) is 0 Å². The number of benzene rings is 1. The summed E-state index contributed by atoms with van der Waals surface area (Å²) in [6, 6.07) is 5.86. The number of ether oxygens (including phenoxy) is 3. The van der Waals surface area contributed by atoms with Crippen molar-refractivity contribution in [2.45, 2.75) is 26.8 Å². The summed E-state index contributed by atoms with van der Waals surface area (Å²) >= 11 is 0. The van der Waals surface area contributed by atoms with Gasteiger partial charge in [-0.3, -0.25) is 9.89 Å². The molecule has 0 bridgehead atoms. The van der Waals surface area contributed by atoms with Crippen LogP contribution in [-0.2, 0) is 4.74 Å².